The molecule has 102 valence electrons. The number of ether oxygens (including phenoxy) is 1. The molecule has 0 bridgehead atoms. The number of amides is 3. The minimum Gasteiger partial charge on any atom is -0.452 e. The Hall–Kier alpha value is -2.57. The lowest BCUT2D eigenvalue weighted by molar-refractivity contribution is -0.153. The van der Waals surface area contributed by atoms with Crippen molar-refractivity contribution in [3.8, 4) is 0 Å². The highest BCUT2D eigenvalue weighted by Gasteiger charge is 2.19. The predicted molar refractivity (Wildman–Crippen MR) is 67.8 cm³/mol. The first-order chi connectivity index (χ1) is 8.90. The van der Waals surface area contributed by atoms with E-state index in [9.17, 15) is 14.4 Å². The molecule has 1 rings (SSSR count). The molecule has 5 N–H and O–H groups in total. The molecule has 0 aliphatic rings. The SMILES string of the molecule is CC(OC(=O)Cc1ccccc1N)C(=O)NC(N)=O. The Morgan fingerprint density at radius 3 is 2.53 bits per heavy atom. The summed E-state index contributed by atoms with van der Waals surface area (Å²) in [5.74, 6) is -1.40. The summed E-state index contributed by atoms with van der Waals surface area (Å²) in [5, 5.41) is 1.82. The minimum atomic E-state index is -1.11. The van der Waals surface area contributed by atoms with E-state index < -0.39 is 24.0 Å². The number of hydrogen-bond donors (Lipinski definition) is 3. The van der Waals surface area contributed by atoms with E-state index in [4.69, 9.17) is 16.2 Å². The van der Waals surface area contributed by atoms with Gasteiger partial charge in [-0.25, -0.2) is 4.79 Å². The van der Waals surface area contributed by atoms with E-state index in [0.717, 1.165) is 0 Å². The average Bonchev–Trinajstić information content (AvgIpc) is 2.31. The Morgan fingerprint density at radius 2 is 1.95 bits per heavy atom. The van der Waals surface area contributed by atoms with Crippen LogP contribution in [0.1, 0.15) is 12.5 Å². The summed E-state index contributed by atoms with van der Waals surface area (Å²) in [4.78, 5) is 33.4. The maximum atomic E-state index is 11.6. The summed E-state index contributed by atoms with van der Waals surface area (Å²) < 4.78 is 4.86. The topological polar surface area (TPSA) is 125 Å². The molecule has 0 saturated carbocycles. The van der Waals surface area contributed by atoms with Gasteiger partial charge in [0.2, 0.25) is 0 Å². The standard InChI is InChI=1S/C12H15N3O4/c1-7(11(17)15-12(14)18)19-10(16)6-8-4-2-3-5-9(8)13/h2-5,7H,6,13H2,1H3,(H3,14,15,17,18). The molecular weight excluding hydrogens is 250 g/mol. The van der Waals surface area contributed by atoms with Crippen molar-refractivity contribution in [1.82, 2.24) is 5.32 Å². The summed E-state index contributed by atoms with van der Waals surface area (Å²) in [5.41, 5.74) is 11.5. The van der Waals surface area contributed by atoms with Gasteiger partial charge < -0.3 is 16.2 Å². The summed E-state index contributed by atoms with van der Waals surface area (Å²) in [6, 6.07) is 5.83. The summed E-state index contributed by atoms with van der Waals surface area (Å²) in [6.45, 7) is 1.34. The Morgan fingerprint density at radius 1 is 1.32 bits per heavy atom. The fourth-order valence-corrected chi connectivity index (χ4v) is 1.37. The number of imide groups is 1. The Kier molecular flexibility index (Phi) is 4.87. The monoisotopic (exact) mass is 265 g/mol. The molecule has 3 amide bonds. The lowest BCUT2D eigenvalue weighted by atomic mass is 10.1. The van der Waals surface area contributed by atoms with Crippen LogP contribution in [0.25, 0.3) is 0 Å². The number of rotatable bonds is 4. The fourth-order valence-electron chi connectivity index (χ4n) is 1.37. The van der Waals surface area contributed by atoms with Crippen LogP contribution in [0.15, 0.2) is 24.3 Å². The maximum absolute atomic E-state index is 11.6. The van der Waals surface area contributed by atoms with Gasteiger partial charge in [-0.3, -0.25) is 14.9 Å². The van der Waals surface area contributed by atoms with E-state index >= 15 is 0 Å². The molecule has 1 unspecified atom stereocenters. The van der Waals surface area contributed by atoms with Crippen LogP contribution in [-0.2, 0) is 20.7 Å². The van der Waals surface area contributed by atoms with Crippen LogP contribution in [-0.4, -0.2) is 24.0 Å². The highest BCUT2D eigenvalue weighted by Crippen LogP contribution is 2.12. The van der Waals surface area contributed by atoms with Crippen LogP contribution in [0.5, 0.6) is 0 Å². The molecular formula is C12H15N3O4. The molecule has 0 spiro atoms. The molecule has 7 heteroatoms. The van der Waals surface area contributed by atoms with Crippen LogP contribution < -0.4 is 16.8 Å². The van der Waals surface area contributed by atoms with Crippen molar-refractivity contribution in [2.45, 2.75) is 19.4 Å². The number of nitrogens with one attached hydrogen (secondary N) is 1. The van der Waals surface area contributed by atoms with Crippen molar-refractivity contribution < 1.29 is 19.1 Å². The van der Waals surface area contributed by atoms with Crippen LogP contribution >= 0.6 is 0 Å². The molecule has 0 heterocycles. The predicted octanol–water partition coefficient (Wildman–Crippen LogP) is -0.0621. The molecule has 1 atom stereocenters. The summed E-state index contributed by atoms with van der Waals surface area (Å²) in [6.07, 6.45) is -1.16. The van der Waals surface area contributed by atoms with E-state index in [1.165, 1.54) is 6.92 Å². The van der Waals surface area contributed by atoms with Crippen molar-refractivity contribution in [3.05, 3.63) is 29.8 Å². The first-order valence-corrected chi connectivity index (χ1v) is 5.53. The largest absolute Gasteiger partial charge is 0.452 e. The summed E-state index contributed by atoms with van der Waals surface area (Å²) >= 11 is 0. The smallest absolute Gasteiger partial charge is 0.318 e. The average molecular weight is 265 g/mol. The van der Waals surface area contributed by atoms with Crippen LogP contribution in [0, 0.1) is 0 Å². The number of esters is 1. The van der Waals surface area contributed by atoms with Crippen molar-refractivity contribution in [3.63, 3.8) is 0 Å². The fraction of sp³-hybridized carbons (Fsp3) is 0.250. The Labute approximate surface area is 109 Å². The molecule has 0 radical (unpaired) electrons. The van der Waals surface area contributed by atoms with Gasteiger partial charge in [0.05, 0.1) is 6.42 Å². The highest BCUT2D eigenvalue weighted by atomic mass is 16.5. The van der Waals surface area contributed by atoms with E-state index in [2.05, 4.69) is 0 Å². The third-order valence-electron chi connectivity index (χ3n) is 2.31. The van der Waals surface area contributed by atoms with Gasteiger partial charge in [-0.2, -0.15) is 0 Å². The second-order valence-electron chi connectivity index (χ2n) is 3.86. The molecule has 19 heavy (non-hydrogen) atoms. The molecule has 7 nitrogen and oxygen atoms in total. The number of nitrogen functional groups attached to an aromatic ring is 1. The number of primary amides is 1. The molecule has 0 saturated heterocycles. The zero-order valence-electron chi connectivity index (χ0n) is 10.4. The van der Waals surface area contributed by atoms with Gasteiger partial charge >= 0.3 is 12.0 Å². The van der Waals surface area contributed by atoms with Gasteiger partial charge in [0, 0.05) is 5.69 Å². The molecule has 1 aromatic carbocycles. The van der Waals surface area contributed by atoms with Gasteiger partial charge in [-0.05, 0) is 18.6 Å². The number of carbonyl (C=O) groups excluding carboxylic acids is 3. The van der Waals surface area contributed by atoms with Gasteiger partial charge in [-0.1, -0.05) is 18.2 Å². The lowest BCUT2D eigenvalue weighted by Gasteiger charge is -2.12. The highest BCUT2D eigenvalue weighted by molar-refractivity contribution is 5.96. The van der Waals surface area contributed by atoms with Crippen molar-refractivity contribution >= 4 is 23.6 Å². The van der Waals surface area contributed by atoms with E-state index in [1.807, 2.05) is 5.32 Å². The van der Waals surface area contributed by atoms with Gasteiger partial charge in [0.15, 0.2) is 6.10 Å². The molecule has 0 fully saturated rings. The van der Waals surface area contributed by atoms with E-state index in [-0.39, 0.29) is 6.42 Å². The van der Waals surface area contributed by atoms with Crippen LogP contribution in [0.4, 0.5) is 10.5 Å². The normalized spacial score (nSPS) is 11.4. The first kappa shape index (κ1) is 14.5. The second-order valence-corrected chi connectivity index (χ2v) is 3.86. The van der Waals surface area contributed by atoms with Gasteiger partial charge in [-0.15, -0.1) is 0 Å². The number of benzene rings is 1. The minimum absolute atomic E-state index is 0.0547. The second kappa shape index (κ2) is 6.39. The number of anilines is 1. The molecule has 0 aromatic heterocycles. The summed E-state index contributed by atoms with van der Waals surface area (Å²) in [7, 11) is 0. The van der Waals surface area contributed by atoms with Crippen LogP contribution in [0.2, 0.25) is 0 Å². The van der Waals surface area contributed by atoms with Crippen molar-refractivity contribution in [2.75, 3.05) is 5.73 Å². The number of urea groups is 1. The van der Waals surface area contributed by atoms with Crippen LogP contribution in [0.3, 0.4) is 0 Å². The number of hydrogen-bond acceptors (Lipinski definition) is 5. The zero-order chi connectivity index (χ0) is 14.4. The molecule has 0 aliphatic carbocycles. The van der Waals surface area contributed by atoms with Crippen molar-refractivity contribution in [2.24, 2.45) is 5.73 Å². The third kappa shape index (κ3) is 4.66. The quantitative estimate of drug-likeness (QED) is 0.519. The molecule has 1 aromatic rings. The van der Waals surface area contributed by atoms with Gasteiger partial charge in [0.1, 0.15) is 0 Å². The number of para-hydroxylation sites is 1. The van der Waals surface area contributed by atoms with Crippen molar-refractivity contribution in [1.29, 1.82) is 0 Å². The Bertz CT molecular complexity index is 502. The van der Waals surface area contributed by atoms with Gasteiger partial charge in [0.25, 0.3) is 5.91 Å². The number of carbonyl (C=O) groups is 3. The Balaban J connectivity index is 2.54. The zero-order valence-corrected chi connectivity index (χ0v) is 10.4. The maximum Gasteiger partial charge on any atom is 0.318 e. The number of nitrogens with two attached hydrogens (primary N) is 2. The third-order valence-corrected chi connectivity index (χ3v) is 2.31. The van der Waals surface area contributed by atoms with E-state index in [0.29, 0.717) is 11.3 Å². The van der Waals surface area contributed by atoms with E-state index in [1.54, 1.807) is 24.3 Å². The lowest BCUT2D eigenvalue weighted by Crippen LogP contribution is -2.42. The molecule has 0 aliphatic heterocycles. The first-order valence-electron chi connectivity index (χ1n) is 5.53.